The van der Waals surface area contributed by atoms with Crippen LogP contribution < -0.4 is 5.73 Å². The summed E-state index contributed by atoms with van der Waals surface area (Å²) in [6.45, 7) is 4.25. The topological polar surface area (TPSA) is 26.0 Å². The monoisotopic (exact) mass is 239 g/mol. The van der Waals surface area contributed by atoms with Crippen molar-refractivity contribution >= 4 is 0 Å². The zero-order valence-electron chi connectivity index (χ0n) is 11.2. The third-order valence-corrected chi connectivity index (χ3v) is 3.33. The van der Waals surface area contributed by atoms with Gasteiger partial charge in [0, 0.05) is 6.04 Å². The minimum atomic E-state index is 0.273. The molecule has 94 valence electrons. The maximum absolute atomic E-state index is 5.97. The Morgan fingerprint density at radius 3 is 2.33 bits per heavy atom. The van der Waals surface area contributed by atoms with Crippen molar-refractivity contribution in [2.75, 3.05) is 0 Å². The molecule has 2 rings (SSSR count). The summed E-state index contributed by atoms with van der Waals surface area (Å²) in [5, 5.41) is 0. The van der Waals surface area contributed by atoms with Gasteiger partial charge < -0.3 is 5.73 Å². The molecule has 0 saturated carbocycles. The highest BCUT2D eigenvalue weighted by atomic mass is 14.6. The molecule has 1 nitrogen and oxygen atoms in total. The van der Waals surface area contributed by atoms with Crippen molar-refractivity contribution in [2.24, 2.45) is 5.73 Å². The van der Waals surface area contributed by atoms with Crippen LogP contribution in [0.15, 0.2) is 48.5 Å². The summed E-state index contributed by atoms with van der Waals surface area (Å²) in [4.78, 5) is 0. The predicted molar refractivity (Wildman–Crippen MR) is 78.6 cm³/mol. The summed E-state index contributed by atoms with van der Waals surface area (Å²) in [6.07, 6.45) is 1.99. The summed E-state index contributed by atoms with van der Waals surface area (Å²) in [6, 6.07) is 17.6. The van der Waals surface area contributed by atoms with Crippen molar-refractivity contribution in [1.29, 1.82) is 0 Å². The first-order valence-corrected chi connectivity index (χ1v) is 6.60. The van der Waals surface area contributed by atoms with E-state index >= 15 is 0 Å². The number of hydrogen-bond donors (Lipinski definition) is 1. The Hall–Kier alpha value is -1.60. The van der Waals surface area contributed by atoms with Crippen molar-refractivity contribution in [1.82, 2.24) is 0 Å². The van der Waals surface area contributed by atoms with Gasteiger partial charge in [-0.05, 0) is 36.5 Å². The maximum Gasteiger partial charge on any atom is 0.00766 e. The average molecular weight is 239 g/mol. The van der Waals surface area contributed by atoms with Crippen LogP contribution in [-0.2, 0) is 6.42 Å². The van der Waals surface area contributed by atoms with Gasteiger partial charge >= 0.3 is 0 Å². The normalized spacial score (nSPS) is 12.4. The largest absolute Gasteiger partial charge is 0.327 e. The Balaban J connectivity index is 2.17. The van der Waals surface area contributed by atoms with Crippen molar-refractivity contribution in [3.05, 3.63) is 59.7 Å². The van der Waals surface area contributed by atoms with Crippen LogP contribution in [0.25, 0.3) is 11.1 Å². The van der Waals surface area contributed by atoms with Gasteiger partial charge in [0.25, 0.3) is 0 Å². The predicted octanol–water partition coefficient (Wildman–Crippen LogP) is 3.94. The van der Waals surface area contributed by atoms with Gasteiger partial charge in [-0.1, -0.05) is 61.0 Å². The second kappa shape index (κ2) is 5.83. The van der Waals surface area contributed by atoms with Crippen LogP contribution in [0, 0.1) is 6.92 Å². The number of aryl methyl sites for hydroxylation is 1. The highest BCUT2D eigenvalue weighted by Gasteiger charge is 2.02. The lowest BCUT2D eigenvalue weighted by atomic mass is 9.99. The zero-order chi connectivity index (χ0) is 13.0. The smallest absolute Gasteiger partial charge is 0.00766 e. The van der Waals surface area contributed by atoms with E-state index in [-0.39, 0.29) is 6.04 Å². The molecule has 1 atom stereocenters. The first-order valence-electron chi connectivity index (χ1n) is 6.60. The molecule has 0 fully saturated rings. The fourth-order valence-corrected chi connectivity index (χ4v) is 2.10. The van der Waals surface area contributed by atoms with Crippen LogP contribution in [0.5, 0.6) is 0 Å². The van der Waals surface area contributed by atoms with Gasteiger partial charge in [0.05, 0.1) is 0 Å². The number of rotatable bonds is 4. The van der Waals surface area contributed by atoms with E-state index in [4.69, 9.17) is 5.73 Å². The molecular weight excluding hydrogens is 218 g/mol. The van der Waals surface area contributed by atoms with Crippen LogP contribution in [-0.4, -0.2) is 6.04 Å². The molecule has 0 aliphatic heterocycles. The van der Waals surface area contributed by atoms with Crippen LogP contribution in [0.2, 0.25) is 0 Å². The molecule has 0 radical (unpaired) electrons. The molecule has 0 amide bonds. The summed E-state index contributed by atoms with van der Waals surface area (Å²) in [7, 11) is 0. The third-order valence-electron chi connectivity index (χ3n) is 3.33. The van der Waals surface area contributed by atoms with E-state index in [9.17, 15) is 0 Å². The third kappa shape index (κ3) is 3.21. The molecule has 2 aromatic rings. The van der Waals surface area contributed by atoms with Crippen molar-refractivity contribution in [2.45, 2.75) is 32.7 Å². The summed E-state index contributed by atoms with van der Waals surface area (Å²) < 4.78 is 0. The fourth-order valence-electron chi connectivity index (χ4n) is 2.10. The quantitative estimate of drug-likeness (QED) is 0.859. The SMILES string of the molecule is CCC(N)Cc1ccc(-c2cccc(C)c2)cc1. The van der Waals surface area contributed by atoms with E-state index in [1.54, 1.807) is 0 Å². The lowest BCUT2D eigenvalue weighted by molar-refractivity contribution is 0.646. The molecule has 18 heavy (non-hydrogen) atoms. The molecule has 0 aliphatic rings. The fraction of sp³-hybridized carbons (Fsp3) is 0.294. The van der Waals surface area contributed by atoms with E-state index in [1.165, 1.54) is 22.3 Å². The molecule has 0 bridgehead atoms. The van der Waals surface area contributed by atoms with Crippen LogP contribution >= 0.6 is 0 Å². The minimum Gasteiger partial charge on any atom is -0.327 e. The van der Waals surface area contributed by atoms with Gasteiger partial charge in [-0.25, -0.2) is 0 Å². The molecule has 1 unspecified atom stereocenters. The van der Waals surface area contributed by atoms with Crippen LogP contribution in [0.4, 0.5) is 0 Å². The van der Waals surface area contributed by atoms with E-state index in [0.717, 1.165) is 12.8 Å². The Morgan fingerprint density at radius 2 is 1.72 bits per heavy atom. The van der Waals surface area contributed by atoms with Gasteiger partial charge in [0.1, 0.15) is 0 Å². The van der Waals surface area contributed by atoms with Gasteiger partial charge in [-0.2, -0.15) is 0 Å². The Kier molecular flexibility index (Phi) is 4.16. The van der Waals surface area contributed by atoms with Crippen LogP contribution in [0.1, 0.15) is 24.5 Å². The molecule has 0 aliphatic carbocycles. The van der Waals surface area contributed by atoms with Gasteiger partial charge in [-0.3, -0.25) is 0 Å². The standard InChI is InChI=1S/C17H21N/c1-3-17(18)12-14-7-9-15(10-8-14)16-6-4-5-13(2)11-16/h4-11,17H,3,12,18H2,1-2H3. The first kappa shape index (κ1) is 12.8. The molecule has 2 aromatic carbocycles. The first-order chi connectivity index (χ1) is 8.69. The Labute approximate surface area is 110 Å². The van der Waals surface area contributed by atoms with Crippen molar-refractivity contribution in [3.8, 4) is 11.1 Å². The number of nitrogens with two attached hydrogens (primary N) is 1. The lowest BCUT2D eigenvalue weighted by Crippen LogP contribution is -2.21. The lowest BCUT2D eigenvalue weighted by Gasteiger charge is -2.09. The zero-order valence-corrected chi connectivity index (χ0v) is 11.2. The van der Waals surface area contributed by atoms with Gasteiger partial charge in [0.2, 0.25) is 0 Å². The van der Waals surface area contributed by atoms with Crippen molar-refractivity contribution < 1.29 is 0 Å². The molecule has 0 spiro atoms. The summed E-state index contributed by atoms with van der Waals surface area (Å²) in [5.41, 5.74) is 11.1. The van der Waals surface area contributed by atoms with E-state index in [1.807, 2.05) is 0 Å². The minimum absolute atomic E-state index is 0.273. The molecular formula is C17H21N. The van der Waals surface area contributed by atoms with E-state index in [2.05, 4.69) is 62.4 Å². The molecule has 1 heteroatoms. The summed E-state index contributed by atoms with van der Waals surface area (Å²) in [5.74, 6) is 0. The average Bonchev–Trinajstić information content (AvgIpc) is 2.39. The Bertz CT molecular complexity index is 499. The highest BCUT2D eigenvalue weighted by Crippen LogP contribution is 2.21. The van der Waals surface area contributed by atoms with Crippen molar-refractivity contribution in [3.63, 3.8) is 0 Å². The number of hydrogen-bond acceptors (Lipinski definition) is 1. The second-order valence-corrected chi connectivity index (χ2v) is 4.94. The van der Waals surface area contributed by atoms with Gasteiger partial charge in [-0.15, -0.1) is 0 Å². The second-order valence-electron chi connectivity index (χ2n) is 4.94. The molecule has 0 heterocycles. The van der Waals surface area contributed by atoms with Gasteiger partial charge in [0.15, 0.2) is 0 Å². The van der Waals surface area contributed by atoms with E-state index < -0.39 is 0 Å². The summed E-state index contributed by atoms with van der Waals surface area (Å²) >= 11 is 0. The Morgan fingerprint density at radius 1 is 1.00 bits per heavy atom. The molecule has 0 aromatic heterocycles. The highest BCUT2D eigenvalue weighted by molar-refractivity contribution is 5.64. The number of benzene rings is 2. The molecule has 0 saturated heterocycles. The molecule has 2 N–H and O–H groups in total. The van der Waals surface area contributed by atoms with E-state index in [0.29, 0.717) is 0 Å². The maximum atomic E-state index is 5.97. The van der Waals surface area contributed by atoms with Crippen LogP contribution in [0.3, 0.4) is 0 Å².